The highest BCUT2D eigenvalue weighted by Gasteiger charge is 2.39. The molecule has 0 aromatic carbocycles. The molecular weight excluding hydrogens is 668 g/mol. The van der Waals surface area contributed by atoms with Crippen molar-refractivity contribution in [3.05, 3.63) is 24.3 Å². The summed E-state index contributed by atoms with van der Waals surface area (Å²) in [6.07, 6.45) is 36.0. The van der Waals surface area contributed by atoms with Crippen LogP contribution >= 0.6 is 0 Å². The average molecular weight is 749 g/mol. The molecule has 0 radical (unpaired) electrons. The monoisotopic (exact) mass is 749 g/mol. The average Bonchev–Trinajstić information content (AvgIpc) is 3.42. The molecule has 0 aromatic heterocycles. The van der Waals surface area contributed by atoms with E-state index in [0.717, 1.165) is 38.5 Å². The summed E-state index contributed by atoms with van der Waals surface area (Å²) in [5.74, 6) is -1.37. The van der Waals surface area contributed by atoms with Gasteiger partial charge in [-0.05, 0) is 32.1 Å². The highest BCUT2D eigenvalue weighted by molar-refractivity contribution is 5.84. The Balaban J connectivity index is 2.05. The fraction of sp³-hybridized carbons (Fsp3) is 0.844. The van der Waals surface area contributed by atoms with E-state index in [1.165, 1.54) is 103 Å². The van der Waals surface area contributed by atoms with E-state index in [1.54, 1.807) is 12.2 Å². The molecule has 0 bridgehead atoms. The summed E-state index contributed by atoms with van der Waals surface area (Å²) in [5, 5.41) is 30.2. The van der Waals surface area contributed by atoms with Crippen LogP contribution in [0.3, 0.4) is 0 Å². The molecule has 1 aliphatic rings. The number of ether oxygens (including phenoxy) is 2. The zero-order valence-electron chi connectivity index (χ0n) is 34.0. The van der Waals surface area contributed by atoms with Crippen molar-refractivity contribution in [3.63, 3.8) is 0 Å². The van der Waals surface area contributed by atoms with E-state index in [-0.39, 0.29) is 43.0 Å². The minimum absolute atomic E-state index is 0.0298. The van der Waals surface area contributed by atoms with Gasteiger partial charge in [-0.3, -0.25) is 14.4 Å². The molecule has 53 heavy (non-hydrogen) atoms. The molecule has 0 aromatic rings. The first kappa shape index (κ1) is 49.0. The summed E-state index contributed by atoms with van der Waals surface area (Å²) in [5.41, 5.74) is 0. The number of allylic oxidation sites excluding steroid dienone is 2. The number of hydrogen-bond acceptors (Lipinski definition) is 8. The van der Waals surface area contributed by atoms with Crippen LogP contribution in [0.4, 0.5) is 0 Å². The number of hydrogen-bond donors (Lipinski definition) is 3. The summed E-state index contributed by atoms with van der Waals surface area (Å²) in [4.78, 5) is 36.9. The Bertz CT molecular complexity index is 962. The third kappa shape index (κ3) is 27.2. The van der Waals surface area contributed by atoms with Crippen LogP contribution in [0.25, 0.3) is 0 Å². The third-order valence-corrected chi connectivity index (χ3v) is 10.6. The lowest BCUT2D eigenvalue weighted by Crippen LogP contribution is -2.28. The lowest BCUT2D eigenvalue weighted by Gasteiger charge is -2.16. The van der Waals surface area contributed by atoms with Crippen molar-refractivity contribution >= 4 is 17.7 Å². The first-order chi connectivity index (χ1) is 25.8. The summed E-state index contributed by atoms with van der Waals surface area (Å²) in [6, 6.07) is 0. The standard InChI is InChI=1S/C45H80O8/c1-3-5-7-8-9-10-11-12-13-14-15-16-17-18-19-20-21-22-27-31-44(50)52-37-39(36-46)53-45(51)32-28-24-23-26-30-40-41(43(49)35-42(40)48)34-33-38(47)29-25-6-4-2/h23,26,33-34,38-41,43,46-47,49H,3-22,24-25,27-32,35-37H2,1-2H3/b26-23-,34-33+/t38-,39-,40+,41+,43+/m0/s1. The Hall–Kier alpha value is -2.03. The maximum absolute atomic E-state index is 12.5. The highest BCUT2D eigenvalue weighted by Crippen LogP contribution is 2.33. The molecule has 1 fully saturated rings. The second-order valence-corrected chi connectivity index (χ2v) is 15.6. The first-order valence-electron chi connectivity index (χ1n) is 22.0. The Labute approximate surface area is 324 Å². The molecule has 1 aliphatic carbocycles. The van der Waals surface area contributed by atoms with Gasteiger partial charge in [0.1, 0.15) is 12.4 Å². The van der Waals surface area contributed by atoms with Crippen molar-refractivity contribution < 1.29 is 39.2 Å². The van der Waals surface area contributed by atoms with Crippen molar-refractivity contribution in [2.24, 2.45) is 11.8 Å². The largest absolute Gasteiger partial charge is 0.462 e. The summed E-state index contributed by atoms with van der Waals surface area (Å²) < 4.78 is 10.6. The van der Waals surface area contributed by atoms with Gasteiger partial charge >= 0.3 is 11.9 Å². The molecule has 0 heterocycles. The summed E-state index contributed by atoms with van der Waals surface area (Å²) >= 11 is 0. The molecule has 0 aliphatic heterocycles. The van der Waals surface area contributed by atoms with Crippen LogP contribution in [-0.2, 0) is 23.9 Å². The normalized spacial score (nSPS) is 18.7. The van der Waals surface area contributed by atoms with Crippen LogP contribution in [-0.4, -0.2) is 64.6 Å². The number of unbranched alkanes of at least 4 members (excludes halogenated alkanes) is 21. The van der Waals surface area contributed by atoms with Crippen LogP contribution in [0.2, 0.25) is 0 Å². The molecule has 8 heteroatoms. The maximum Gasteiger partial charge on any atom is 0.306 e. The van der Waals surface area contributed by atoms with Gasteiger partial charge in [0.2, 0.25) is 0 Å². The van der Waals surface area contributed by atoms with E-state index in [4.69, 9.17) is 9.47 Å². The Morgan fingerprint density at radius 3 is 1.77 bits per heavy atom. The molecule has 0 spiro atoms. The molecule has 5 atom stereocenters. The highest BCUT2D eigenvalue weighted by atomic mass is 16.6. The second-order valence-electron chi connectivity index (χ2n) is 15.6. The molecule has 0 saturated heterocycles. The lowest BCUT2D eigenvalue weighted by atomic mass is 9.90. The van der Waals surface area contributed by atoms with Crippen molar-refractivity contribution in [2.75, 3.05) is 13.2 Å². The van der Waals surface area contributed by atoms with Crippen LogP contribution < -0.4 is 0 Å². The summed E-state index contributed by atoms with van der Waals surface area (Å²) in [6.45, 7) is 3.83. The van der Waals surface area contributed by atoms with Crippen molar-refractivity contribution in [3.8, 4) is 0 Å². The van der Waals surface area contributed by atoms with Gasteiger partial charge in [-0.2, -0.15) is 0 Å². The number of ketones is 1. The lowest BCUT2D eigenvalue weighted by molar-refractivity contribution is -0.161. The van der Waals surface area contributed by atoms with E-state index in [1.807, 2.05) is 12.2 Å². The van der Waals surface area contributed by atoms with Gasteiger partial charge in [0.05, 0.1) is 18.8 Å². The molecule has 1 rings (SSSR count). The number of aliphatic hydroxyl groups excluding tert-OH is 3. The second kappa shape index (κ2) is 34.5. The number of carbonyl (C=O) groups excluding carboxylic acids is 3. The van der Waals surface area contributed by atoms with Crippen LogP contribution in [0.1, 0.15) is 200 Å². The van der Waals surface area contributed by atoms with Gasteiger partial charge in [-0.25, -0.2) is 0 Å². The van der Waals surface area contributed by atoms with E-state index in [2.05, 4.69) is 13.8 Å². The fourth-order valence-electron chi connectivity index (χ4n) is 7.18. The minimum atomic E-state index is -0.873. The van der Waals surface area contributed by atoms with Crippen molar-refractivity contribution in [2.45, 2.75) is 218 Å². The fourth-order valence-corrected chi connectivity index (χ4v) is 7.18. The molecule has 8 nitrogen and oxygen atoms in total. The van der Waals surface area contributed by atoms with Gasteiger partial charge in [0.15, 0.2) is 6.10 Å². The molecular formula is C45H80O8. The molecule has 3 N–H and O–H groups in total. The molecule has 0 amide bonds. The van der Waals surface area contributed by atoms with Gasteiger partial charge < -0.3 is 24.8 Å². The van der Waals surface area contributed by atoms with E-state index < -0.39 is 30.9 Å². The smallest absolute Gasteiger partial charge is 0.306 e. The van der Waals surface area contributed by atoms with Crippen LogP contribution in [0.5, 0.6) is 0 Å². The van der Waals surface area contributed by atoms with E-state index in [0.29, 0.717) is 32.1 Å². The number of aliphatic hydroxyl groups is 3. The number of Topliss-reactive ketones (excluding diaryl/α,β-unsaturated/α-hetero) is 1. The van der Waals surface area contributed by atoms with E-state index in [9.17, 15) is 29.7 Å². The Morgan fingerprint density at radius 1 is 0.717 bits per heavy atom. The summed E-state index contributed by atoms with van der Waals surface area (Å²) in [7, 11) is 0. The third-order valence-electron chi connectivity index (χ3n) is 10.6. The zero-order chi connectivity index (χ0) is 38.8. The Kier molecular flexibility index (Phi) is 31.9. The number of rotatable bonds is 36. The SMILES string of the molecule is CCCCCCCCCCCCCCCCCCCCCC(=O)OC[C@H](CO)OC(=O)CCC/C=C\C[C@H]1C(=O)C[C@@H](O)[C@@H]1/C=C/[C@@H](O)CCCCC. The number of esters is 2. The predicted molar refractivity (Wildman–Crippen MR) is 215 cm³/mol. The molecule has 308 valence electrons. The quantitative estimate of drug-likeness (QED) is 0.0328. The van der Waals surface area contributed by atoms with Gasteiger partial charge in [-0.15, -0.1) is 0 Å². The molecule has 0 unspecified atom stereocenters. The zero-order valence-corrected chi connectivity index (χ0v) is 34.0. The van der Waals surface area contributed by atoms with Crippen molar-refractivity contribution in [1.29, 1.82) is 0 Å². The van der Waals surface area contributed by atoms with E-state index >= 15 is 0 Å². The molecule has 1 saturated carbocycles. The van der Waals surface area contributed by atoms with Gasteiger partial charge in [0.25, 0.3) is 0 Å². The maximum atomic E-state index is 12.5. The van der Waals surface area contributed by atoms with Gasteiger partial charge in [-0.1, -0.05) is 173 Å². The minimum Gasteiger partial charge on any atom is -0.462 e. The first-order valence-corrected chi connectivity index (χ1v) is 22.0. The van der Waals surface area contributed by atoms with Crippen LogP contribution in [0.15, 0.2) is 24.3 Å². The Morgan fingerprint density at radius 2 is 1.23 bits per heavy atom. The van der Waals surface area contributed by atoms with Crippen molar-refractivity contribution in [1.82, 2.24) is 0 Å². The predicted octanol–water partition coefficient (Wildman–Crippen LogP) is 10.4. The van der Waals surface area contributed by atoms with Gasteiger partial charge in [0, 0.05) is 31.1 Å². The topological polar surface area (TPSA) is 130 Å². The number of carbonyl (C=O) groups is 3. The van der Waals surface area contributed by atoms with Crippen LogP contribution in [0, 0.1) is 11.8 Å².